The molecular weight excluding hydrogens is 410 g/mol. The monoisotopic (exact) mass is 437 g/mol. The van der Waals surface area contributed by atoms with Gasteiger partial charge in [-0.1, -0.05) is 121 Å². The lowest BCUT2D eigenvalue weighted by Crippen LogP contribution is -2.43. The maximum absolute atomic E-state index is 6.72. The Balaban J connectivity index is 1.59. The van der Waals surface area contributed by atoms with E-state index in [0.29, 0.717) is 5.11 Å². The first-order valence-corrected chi connectivity index (χ1v) is 11.2. The van der Waals surface area contributed by atoms with Gasteiger partial charge in [0.2, 0.25) is 0 Å². The van der Waals surface area contributed by atoms with E-state index < -0.39 is 0 Å². The number of nitrogens with one attached hydrogen (secondary N) is 2. The molecule has 2 atom stereocenters. The van der Waals surface area contributed by atoms with Gasteiger partial charge in [0.15, 0.2) is 5.11 Å². The number of hydrogen-bond donors (Lipinski definition) is 3. The Morgan fingerprint density at radius 3 is 1.34 bits per heavy atom. The number of thiocarbonyl (C=S) groups is 1. The van der Waals surface area contributed by atoms with Gasteiger partial charge in [-0.2, -0.15) is 0 Å². The van der Waals surface area contributed by atoms with E-state index in [1.807, 2.05) is 72.8 Å². The van der Waals surface area contributed by atoms with Crippen molar-refractivity contribution in [3.05, 3.63) is 144 Å². The quantitative estimate of drug-likeness (QED) is 0.326. The lowest BCUT2D eigenvalue weighted by Gasteiger charge is -2.29. The van der Waals surface area contributed by atoms with Gasteiger partial charge in [-0.15, -0.1) is 0 Å². The van der Waals surface area contributed by atoms with Crippen molar-refractivity contribution in [2.24, 2.45) is 5.73 Å². The Bertz CT molecular complexity index is 1060. The smallest absolute Gasteiger partial charge is 0.167 e. The molecule has 0 unspecified atom stereocenters. The Kier molecular flexibility index (Phi) is 7.28. The third kappa shape index (κ3) is 5.41. The molecule has 0 aliphatic heterocycles. The molecule has 160 valence electrons. The Morgan fingerprint density at radius 2 is 0.906 bits per heavy atom. The molecule has 4 aromatic rings. The summed E-state index contributed by atoms with van der Waals surface area (Å²) in [5.41, 5.74) is 11.2. The number of nitrogens with two attached hydrogens (primary N) is 1. The van der Waals surface area contributed by atoms with Gasteiger partial charge in [-0.25, -0.2) is 0 Å². The fourth-order valence-corrected chi connectivity index (χ4v) is 4.12. The average Bonchev–Trinajstić information content (AvgIpc) is 2.87. The molecule has 0 aliphatic carbocycles. The van der Waals surface area contributed by atoms with Crippen LogP contribution in [0.2, 0.25) is 0 Å². The summed E-state index contributed by atoms with van der Waals surface area (Å²) in [6.45, 7) is 0. The van der Waals surface area contributed by atoms with Gasteiger partial charge in [0.25, 0.3) is 0 Å². The Hall–Kier alpha value is -3.47. The molecule has 0 spiro atoms. The highest BCUT2D eigenvalue weighted by atomic mass is 32.1. The molecule has 4 heteroatoms. The highest BCUT2D eigenvalue weighted by molar-refractivity contribution is 7.80. The van der Waals surface area contributed by atoms with Crippen molar-refractivity contribution in [3.8, 4) is 0 Å². The van der Waals surface area contributed by atoms with E-state index in [0.717, 1.165) is 22.3 Å². The topological polar surface area (TPSA) is 50.1 Å². The number of rotatable bonds is 7. The lowest BCUT2D eigenvalue weighted by atomic mass is 9.94. The van der Waals surface area contributed by atoms with Crippen molar-refractivity contribution in [2.45, 2.75) is 18.1 Å². The molecule has 0 aliphatic rings. The van der Waals surface area contributed by atoms with E-state index in [-0.39, 0.29) is 18.1 Å². The van der Waals surface area contributed by atoms with Crippen LogP contribution < -0.4 is 16.4 Å². The average molecular weight is 438 g/mol. The molecule has 4 N–H and O–H groups in total. The third-order valence-electron chi connectivity index (χ3n) is 5.53. The molecule has 4 rings (SSSR count). The van der Waals surface area contributed by atoms with Gasteiger partial charge in [0, 0.05) is 0 Å². The number of hydrogen-bond acceptors (Lipinski definition) is 2. The van der Waals surface area contributed by atoms with Crippen LogP contribution in [-0.4, -0.2) is 5.11 Å². The van der Waals surface area contributed by atoms with E-state index in [9.17, 15) is 0 Å². The SMILES string of the molecule is N[C@@H](c1ccccc1)[C@@H](NC(=S)NC(c1ccccc1)c1ccccc1)c1ccccc1. The van der Waals surface area contributed by atoms with Gasteiger partial charge >= 0.3 is 0 Å². The summed E-state index contributed by atoms with van der Waals surface area (Å²) in [4.78, 5) is 0. The summed E-state index contributed by atoms with van der Waals surface area (Å²) in [6, 6.07) is 40.5. The lowest BCUT2D eigenvalue weighted by molar-refractivity contribution is 0.518. The summed E-state index contributed by atoms with van der Waals surface area (Å²) in [5, 5.41) is 7.58. The van der Waals surface area contributed by atoms with Crippen molar-refractivity contribution < 1.29 is 0 Å². The molecule has 0 fully saturated rings. The summed E-state index contributed by atoms with van der Waals surface area (Å²) in [6.07, 6.45) is 0. The van der Waals surface area contributed by atoms with E-state index in [2.05, 4.69) is 59.2 Å². The first kappa shape index (κ1) is 21.8. The largest absolute Gasteiger partial charge is 0.354 e. The molecule has 0 radical (unpaired) electrons. The molecule has 0 saturated carbocycles. The van der Waals surface area contributed by atoms with Gasteiger partial charge in [0.1, 0.15) is 0 Å². The van der Waals surface area contributed by atoms with Crippen LogP contribution in [0.5, 0.6) is 0 Å². The molecule has 0 bridgehead atoms. The summed E-state index contributed by atoms with van der Waals surface area (Å²) in [7, 11) is 0. The number of benzene rings is 4. The highest BCUT2D eigenvalue weighted by Crippen LogP contribution is 2.27. The molecule has 4 aromatic carbocycles. The molecular formula is C28H27N3S. The molecule has 0 amide bonds. The third-order valence-corrected chi connectivity index (χ3v) is 5.77. The van der Waals surface area contributed by atoms with Crippen LogP contribution in [0.25, 0.3) is 0 Å². The summed E-state index contributed by atoms with van der Waals surface area (Å²) >= 11 is 5.80. The minimum Gasteiger partial charge on any atom is -0.354 e. The second kappa shape index (κ2) is 10.7. The second-order valence-electron chi connectivity index (χ2n) is 7.70. The maximum Gasteiger partial charge on any atom is 0.167 e. The standard InChI is InChI=1S/C28H27N3S/c29-25(21-13-5-1-6-14-21)27(24-19-11-4-12-20-24)31-28(32)30-26(22-15-7-2-8-16-22)23-17-9-3-10-18-23/h1-20,25-27H,29H2,(H2,30,31,32)/t25-,27-/m0/s1. The van der Waals surface area contributed by atoms with E-state index in [1.165, 1.54) is 0 Å². The van der Waals surface area contributed by atoms with Crippen molar-refractivity contribution in [1.29, 1.82) is 0 Å². The van der Waals surface area contributed by atoms with Gasteiger partial charge in [-0.05, 0) is 34.5 Å². The van der Waals surface area contributed by atoms with Crippen LogP contribution >= 0.6 is 12.2 Å². The zero-order valence-corrected chi connectivity index (χ0v) is 18.6. The Labute approximate surface area is 195 Å². The summed E-state index contributed by atoms with van der Waals surface area (Å²) in [5.74, 6) is 0. The molecule has 0 heterocycles. The fourth-order valence-electron chi connectivity index (χ4n) is 3.87. The Morgan fingerprint density at radius 1 is 0.531 bits per heavy atom. The molecule has 3 nitrogen and oxygen atoms in total. The van der Waals surface area contributed by atoms with Crippen LogP contribution in [0.4, 0.5) is 0 Å². The predicted octanol–water partition coefficient (Wildman–Crippen LogP) is 5.68. The molecule has 32 heavy (non-hydrogen) atoms. The normalized spacial score (nSPS) is 12.7. The van der Waals surface area contributed by atoms with Gasteiger partial charge in [-0.3, -0.25) is 0 Å². The van der Waals surface area contributed by atoms with Crippen LogP contribution in [0, 0.1) is 0 Å². The molecule has 0 aromatic heterocycles. The minimum absolute atomic E-state index is 0.0678. The van der Waals surface area contributed by atoms with Gasteiger partial charge in [0.05, 0.1) is 18.1 Å². The first-order valence-electron chi connectivity index (χ1n) is 10.7. The van der Waals surface area contributed by atoms with Crippen molar-refractivity contribution >= 4 is 17.3 Å². The second-order valence-corrected chi connectivity index (χ2v) is 8.11. The zero-order chi connectivity index (χ0) is 22.2. The van der Waals surface area contributed by atoms with E-state index >= 15 is 0 Å². The fraction of sp³-hybridized carbons (Fsp3) is 0.107. The molecule has 0 saturated heterocycles. The van der Waals surface area contributed by atoms with Crippen LogP contribution in [0.3, 0.4) is 0 Å². The summed E-state index contributed by atoms with van der Waals surface area (Å²) < 4.78 is 0. The van der Waals surface area contributed by atoms with Crippen LogP contribution in [-0.2, 0) is 0 Å². The van der Waals surface area contributed by atoms with Crippen LogP contribution in [0.1, 0.15) is 40.4 Å². The maximum atomic E-state index is 6.72. The van der Waals surface area contributed by atoms with E-state index in [1.54, 1.807) is 0 Å². The first-order chi connectivity index (χ1) is 15.7. The zero-order valence-electron chi connectivity index (χ0n) is 17.8. The van der Waals surface area contributed by atoms with Gasteiger partial charge < -0.3 is 16.4 Å². The minimum atomic E-state index is -0.259. The van der Waals surface area contributed by atoms with Crippen molar-refractivity contribution in [3.63, 3.8) is 0 Å². The van der Waals surface area contributed by atoms with Crippen molar-refractivity contribution in [1.82, 2.24) is 10.6 Å². The highest BCUT2D eigenvalue weighted by Gasteiger charge is 2.23. The van der Waals surface area contributed by atoms with Crippen molar-refractivity contribution in [2.75, 3.05) is 0 Å². The predicted molar refractivity (Wildman–Crippen MR) is 136 cm³/mol. The van der Waals surface area contributed by atoms with Crippen LogP contribution in [0.15, 0.2) is 121 Å². The van der Waals surface area contributed by atoms with E-state index in [4.69, 9.17) is 18.0 Å².